The predicted octanol–water partition coefficient (Wildman–Crippen LogP) is -23.1. The Morgan fingerprint density at radius 2 is 0.654 bits per heavy atom. The van der Waals surface area contributed by atoms with Crippen molar-refractivity contribution in [2.24, 2.45) is 5.73 Å². The van der Waals surface area contributed by atoms with Gasteiger partial charge in [-0.2, -0.15) is 0 Å². The van der Waals surface area contributed by atoms with Crippen molar-refractivity contribution in [1.82, 2.24) is 10.6 Å². The highest BCUT2D eigenvalue weighted by Gasteiger charge is 2.64. The van der Waals surface area contributed by atoms with Crippen LogP contribution in [0.5, 0.6) is 0 Å². The number of carbonyl (C=O) groups is 3. The minimum atomic E-state index is -3.26. The number of amides is 2. The predicted molar refractivity (Wildman–Crippen MR) is 406 cm³/mol. The van der Waals surface area contributed by atoms with Gasteiger partial charge in [-0.15, -0.1) is 0 Å². The SMILES string of the molecule is CC(=O)N[C@@H]1[C@H](O[C@H]2[C@@H](O)[C@@H](C)O[C@@H](O[C@H]3[C@H](OC[C@H]4O[C@H](O[C@@H]5[C@H](O[C@@H]6O[C@H](CO[C@H]7O[C@H](CO)[C@@H](O)[C@H](O)[C@H]7O)[C@@H](O)[C@H](O)[C@H]6O)[C@@H](N)[C@@H](O[C@@H]6[C@H](O)[C@@H](O[C@@H]7[C@H](O)[C@@H](O[C@H]8[C@@H]([C@H](O)CO)OC(O)(C(=O)O)C[C@H]8O)O[C@H]([C@@H](O)CO)[C@H]7O)O[C@H]([C@@H](O)CO)[C@H]6O)O[C@@H]5CO)[C@H](O)[C@@H](O)[C@@H]4O)O[C@@H](C)[C@H](O)[C@H]3O)[C@@H]2NC(C)=O)O[C@@H](C)[C@@H](O)[C@H]1O[C@@H]1O[C@H](CO)[C@@H](O)[C@H](O)[C@H]1O. The molecule has 0 spiro atoms. The number of carboxylic acid groups (broad SMARTS) is 1. The van der Waals surface area contributed by atoms with Gasteiger partial charge in [0.2, 0.25) is 11.8 Å². The molecule has 59 nitrogen and oxygen atoms in total. The number of hydrogen-bond acceptors (Lipinski definition) is 56. The highest BCUT2D eigenvalue weighted by molar-refractivity contribution is 5.75. The molecule has 2 amide bonds. The molecule has 11 aliphatic heterocycles. The lowest BCUT2D eigenvalue weighted by Crippen LogP contribution is -2.71. The number of ether oxygens (including phenoxy) is 21. The van der Waals surface area contributed by atoms with E-state index in [4.69, 9.17) is 105 Å². The van der Waals surface area contributed by atoms with Crippen LogP contribution in [0.4, 0.5) is 0 Å². The van der Waals surface area contributed by atoms with Crippen molar-refractivity contribution < 1.29 is 277 Å². The van der Waals surface area contributed by atoms with Crippen LogP contribution in [0.3, 0.4) is 0 Å². The summed E-state index contributed by atoms with van der Waals surface area (Å²) in [6.45, 7) is -3.37. The first kappa shape index (κ1) is 110. The van der Waals surface area contributed by atoms with Gasteiger partial charge in [0.05, 0.1) is 83.3 Å². The molecule has 11 saturated heterocycles. The summed E-state index contributed by atoms with van der Waals surface area (Å²) in [7, 11) is 0. The lowest BCUT2D eigenvalue weighted by atomic mass is 9.91. The van der Waals surface area contributed by atoms with Gasteiger partial charge in [-0.05, 0) is 20.8 Å². The molecular weight excluding hydrogens is 1830 g/mol. The fourth-order valence-corrected chi connectivity index (χ4v) is 17.3. The molecule has 11 aliphatic rings. The Morgan fingerprint density at radius 3 is 1.08 bits per heavy atom. The summed E-state index contributed by atoms with van der Waals surface area (Å²) in [5.74, 6) is -7.07. The summed E-state index contributed by atoms with van der Waals surface area (Å²) < 4.78 is 124. The number of nitrogens with one attached hydrogen (secondary N) is 2. The second-order valence-electron chi connectivity index (χ2n) is 34.3. The second-order valence-corrected chi connectivity index (χ2v) is 34.3. The molecule has 0 aromatic rings. The Morgan fingerprint density at radius 1 is 0.331 bits per heavy atom. The molecule has 59 heteroatoms. The highest BCUT2D eigenvalue weighted by atomic mass is 16.8. The van der Waals surface area contributed by atoms with Crippen LogP contribution < -0.4 is 16.4 Å². The Balaban J connectivity index is 0.868. The van der Waals surface area contributed by atoms with Gasteiger partial charge >= 0.3 is 5.97 Å². The molecule has 1 unspecified atom stereocenters. The molecule has 0 aromatic heterocycles. The van der Waals surface area contributed by atoms with Crippen molar-refractivity contribution in [3.8, 4) is 0 Å². The van der Waals surface area contributed by atoms with Gasteiger partial charge in [0.1, 0.15) is 250 Å². The van der Waals surface area contributed by atoms with Crippen molar-refractivity contribution in [2.45, 2.75) is 390 Å². The van der Waals surface area contributed by atoms with Crippen LogP contribution in [0.25, 0.3) is 0 Å². The molecule has 133 heavy (non-hydrogen) atoms. The van der Waals surface area contributed by atoms with Crippen LogP contribution in [0, 0.1) is 0 Å². The van der Waals surface area contributed by atoms with E-state index in [1.54, 1.807) is 0 Å². The maximum atomic E-state index is 13.3. The van der Waals surface area contributed by atoms with Crippen LogP contribution >= 0.6 is 0 Å². The van der Waals surface area contributed by atoms with E-state index in [9.17, 15) is 178 Å². The number of carbonyl (C=O) groups excluding carboxylic acids is 2. The lowest BCUT2D eigenvalue weighted by Gasteiger charge is -2.52. The number of aliphatic carboxylic acids is 1. The van der Waals surface area contributed by atoms with Gasteiger partial charge in [-0.3, -0.25) is 9.59 Å². The van der Waals surface area contributed by atoms with Gasteiger partial charge in [-0.1, -0.05) is 0 Å². The number of carboxylic acids is 1. The van der Waals surface area contributed by atoms with Gasteiger partial charge in [0.15, 0.2) is 62.9 Å². The molecule has 0 aliphatic carbocycles. The average molecular weight is 1950 g/mol. The van der Waals surface area contributed by atoms with Gasteiger partial charge in [0.25, 0.3) is 5.79 Å². The first-order valence-electron chi connectivity index (χ1n) is 42.5. The van der Waals surface area contributed by atoms with Gasteiger partial charge < -0.3 is 279 Å². The summed E-state index contributed by atoms with van der Waals surface area (Å²) in [6.07, 6.45) is -113. The quantitative estimate of drug-likeness (QED) is 0.0284. The molecule has 11 heterocycles. The van der Waals surface area contributed by atoms with E-state index in [-0.39, 0.29) is 0 Å². The minimum Gasteiger partial charge on any atom is -0.477 e. The zero-order valence-electron chi connectivity index (χ0n) is 71.4. The molecule has 11 rings (SSSR count). The Hall–Kier alpha value is -3.71. The summed E-state index contributed by atoms with van der Waals surface area (Å²) >= 11 is 0. The van der Waals surface area contributed by atoms with E-state index in [0.29, 0.717) is 0 Å². The van der Waals surface area contributed by atoms with Crippen molar-refractivity contribution in [3.63, 3.8) is 0 Å². The zero-order chi connectivity index (χ0) is 98.2. The first-order chi connectivity index (χ1) is 62.6. The van der Waals surface area contributed by atoms with E-state index in [1.165, 1.54) is 20.8 Å². The Labute approximate surface area is 752 Å². The normalized spacial score (nSPS) is 50.9. The van der Waals surface area contributed by atoms with Gasteiger partial charge in [0, 0.05) is 20.3 Å². The minimum absolute atomic E-state index is 0.831. The molecule has 0 aromatic carbocycles. The smallest absolute Gasteiger partial charge is 0.364 e. The maximum Gasteiger partial charge on any atom is 0.364 e. The largest absolute Gasteiger partial charge is 0.477 e. The second kappa shape index (κ2) is 46.6. The van der Waals surface area contributed by atoms with Crippen molar-refractivity contribution in [1.29, 1.82) is 0 Å². The van der Waals surface area contributed by atoms with Crippen LogP contribution in [0.1, 0.15) is 41.0 Å². The van der Waals surface area contributed by atoms with Crippen molar-refractivity contribution in [3.05, 3.63) is 0 Å². The van der Waals surface area contributed by atoms with Crippen molar-refractivity contribution >= 4 is 17.8 Å². The number of aliphatic hydroxyl groups excluding tert-OH is 30. The zero-order valence-corrected chi connectivity index (χ0v) is 71.4. The fourth-order valence-electron chi connectivity index (χ4n) is 17.3. The average Bonchev–Trinajstić information content (AvgIpc) is 0.765. The topological polar surface area (TPSA) is 942 Å². The molecule has 57 atom stereocenters. The van der Waals surface area contributed by atoms with E-state index >= 15 is 0 Å². The summed E-state index contributed by atoms with van der Waals surface area (Å²) in [5.41, 5.74) is 6.97. The summed E-state index contributed by atoms with van der Waals surface area (Å²) in [4.78, 5) is 38.3. The molecule has 772 valence electrons. The van der Waals surface area contributed by atoms with E-state index in [1.807, 2.05) is 0 Å². The molecule has 36 N–H and O–H groups in total. The van der Waals surface area contributed by atoms with Crippen LogP contribution in [0.15, 0.2) is 0 Å². The number of rotatable bonds is 34. The van der Waals surface area contributed by atoms with Crippen molar-refractivity contribution in [2.75, 3.05) is 52.9 Å². The Bertz CT molecular complexity index is 3630. The number of hydrogen-bond donors (Lipinski definition) is 35. The molecule has 0 radical (unpaired) electrons. The third-order valence-electron chi connectivity index (χ3n) is 25.0. The highest BCUT2D eigenvalue weighted by Crippen LogP contribution is 2.43. The van der Waals surface area contributed by atoms with E-state index < -0.39 is 426 Å². The fraction of sp³-hybridized carbons (Fsp3) is 0.959. The first-order valence-corrected chi connectivity index (χ1v) is 42.5. The lowest BCUT2D eigenvalue weighted by molar-refractivity contribution is -0.400. The third kappa shape index (κ3) is 23.6. The molecular formula is C74H125N3O56. The number of nitrogens with two attached hydrogens (primary N) is 1. The monoisotopic (exact) mass is 1950 g/mol. The van der Waals surface area contributed by atoms with Crippen LogP contribution in [0.2, 0.25) is 0 Å². The van der Waals surface area contributed by atoms with E-state index in [0.717, 1.165) is 13.8 Å². The summed E-state index contributed by atoms with van der Waals surface area (Å²) in [6, 6.07) is -5.72. The van der Waals surface area contributed by atoms with Gasteiger partial charge in [-0.25, -0.2) is 4.79 Å². The van der Waals surface area contributed by atoms with E-state index in [2.05, 4.69) is 10.6 Å². The molecule has 0 saturated carbocycles. The third-order valence-corrected chi connectivity index (χ3v) is 25.0. The molecule has 0 bridgehead atoms. The standard InChI is InChI=1S/C74H125N3O56/c1-15-32(90)43(101)62(132-65-30(76-18(4)84)58(33(91)16(2)116-65)128-64-31(77-19(5)85)59(34(92)17(3)115-64)129-67-45(103)40(98)36(94)25(11-82)119-67)72(117-15)114-14-28-38(96)41(99)46(104)68(121-28)126-56-26(12-83)120-63(29(75)57(56)127-69-47(105)42(100)37(95)27(122-69)13-113-66-44(102)39(97)35(93)24(10-81)118-66)130-60-48(106)52(21(87)7-78)124-71(50(60)108)131-61-49(107)53(22(88)8-79)123-70(51(61)109)125-54-20(86)6-74(112,73(110)111)133-55(54)23(89)9-80/h15-17,20-72,78-83,86-109,112H,6-14,75H2,1-5H3,(H,76,84)(H,77,85)(H,110,111)/t15-,16+,17-,20+,21-,22-,23+,24+,25+,26+,27+,28+,29+,30+,31-,32-,33-,34+,35+,36+,37+,38+,39-,40-,41-,42-,43+,44+,45+,46+,47+,48+,49+,50-,51-,52+,53+,54+,55+,56-,57+,58+,59-,60-,61-,62+,63+,64-,65-,66-,67-,68+,69-,70+,71+,72+,74?/m0/s1. The maximum absolute atomic E-state index is 13.3. The van der Waals surface area contributed by atoms with Crippen LogP contribution in [-0.2, 0) is 114 Å². The number of aliphatic hydroxyl groups is 31. The molecule has 11 fully saturated rings. The van der Waals surface area contributed by atoms with Crippen LogP contribution in [-0.4, -0.2) is 583 Å². The summed E-state index contributed by atoms with van der Waals surface area (Å²) in [5, 5.41) is 360. The Kier molecular flexibility index (Phi) is 38.4.